The fraction of sp³-hybridized carbons (Fsp3) is 0.333. The van der Waals surface area contributed by atoms with Gasteiger partial charge < -0.3 is 10.1 Å². The minimum absolute atomic E-state index is 0.206. The number of hydrogen-bond acceptors (Lipinski definition) is 3. The third-order valence-electron chi connectivity index (χ3n) is 6.05. The van der Waals surface area contributed by atoms with Gasteiger partial charge in [0.15, 0.2) is 0 Å². The maximum absolute atomic E-state index is 13.4. The van der Waals surface area contributed by atoms with Crippen molar-refractivity contribution in [3.63, 3.8) is 0 Å². The molecular weight excluding hydrogens is 386 g/mol. The maximum atomic E-state index is 13.4. The molecule has 0 aliphatic heterocycles. The largest absolute Gasteiger partial charge is 0.468 e. The Labute approximate surface area is 185 Å². The predicted molar refractivity (Wildman–Crippen MR) is 124 cm³/mol. The number of esters is 1. The molecule has 1 N–H and O–H groups in total. The molecule has 0 aromatic heterocycles. The molecule has 4 heteroatoms. The van der Waals surface area contributed by atoms with Gasteiger partial charge in [0.05, 0.1) is 13.2 Å². The Balaban J connectivity index is 1.88. The number of nitrogens with one attached hydrogen (secondary N) is 1. The summed E-state index contributed by atoms with van der Waals surface area (Å²) < 4.78 is 5.10. The molecule has 3 atom stereocenters. The van der Waals surface area contributed by atoms with Crippen LogP contribution in [0.15, 0.2) is 78.9 Å². The number of benzene rings is 2. The Hall–Kier alpha value is -3.14. The number of rotatable bonds is 8. The first kappa shape index (κ1) is 22.5. The Kier molecular flexibility index (Phi) is 7.45. The van der Waals surface area contributed by atoms with Gasteiger partial charge in [-0.15, -0.1) is 0 Å². The van der Waals surface area contributed by atoms with E-state index in [1.165, 1.54) is 7.11 Å². The summed E-state index contributed by atoms with van der Waals surface area (Å²) in [5, 5.41) is 3.04. The van der Waals surface area contributed by atoms with E-state index in [4.69, 9.17) is 4.74 Å². The van der Waals surface area contributed by atoms with E-state index in [9.17, 15) is 9.59 Å². The van der Waals surface area contributed by atoms with Crippen LogP contribution in [0.3, 0.4) is 0 Å². The lowest BCUT2D eigenvalue weighted by Gasteiger charge is -2.38. The van der Waals surface area contributed by atoms with Gasteiger partial charge in [0.25, 0.3) is 0 Å². The number of carbonyl (C=O) groups is 2. The molecule has 2 aromatic carbocycles. The van der Waals surface area contributed by atoms with Crippen molar-refractivity contribution in [2.45, 2.75) is 39.2 Å². The summed E-state index contributed by atoms with van der Waals surface area (Å²) >= 11 is 0. The van der Waals surface area contributed by atoms with E-state index in [1.807, 2.05) is 67.6 Å². The molecule has 1 aliphatic carbocycles. The summed E-state index contributed by atoms with van der Waals surface area (Å²) in [5.41, 5.74) is 2.62. The maximum Gasteiger partial charge on any atom is 0.319 e. The van der Waals surface area contributed by atoms with Crippen LogP contribution in [0.25, 0.3) is 5.57 Å². The van der Waals surface area contributed by atoms with Crippen LogP contribution >= 0.6 is 0 Å². The van der Waals surface area contributed by atoms with Crippen LogP contribution in [-0.4, -0.2) is 19.0 Å². The molecule has 162 valence electrons. The molecule has 0 radical (unpaired) electrons. The molecule has 0 fully saturated rings. The molecule has 1 aliphatic rings. The molecule has 31 heavy (non-hydrogen) atoms. The summed E-state index contributed by atoms with van der Waals surface area (Å²) in [6.07, 6.45) is 8.40. The highest BCUT2D eigenvalue weighted by atomic mass is 16.5. The first-order chi connectivity index (χ1) is 15.0. The smallest absolute Gasteiger partial charge is 0.319 e. The number of amides is 1. The molecule has 0 heterocycles. The average Bonchev–Trinajstić information content (AvgIpc) is 2.81. The quantitative estimate of drug-likeness (QED) is 0.457. The number of carbonyl (C=O) groups excluding carboxylic acids is 2. The first-order valence-corrected chi connectivity index (χ1v) is 10.9. The second-order valence-corrected chi connectivity index (χ2v) is 8.14. The van der Waals surface area contributed by atoms with Gasteiger partial charge in [-0.25, -0.2) is 0 Å². The third kappa shape index (κ3) is 5.13. The number of hydrogen-bond donors (Lipinski definition) is 1. The van der Waals surface area contributed by atoms with Crippen molar-refractivity contribution in [3.05, 3.63) is 90.0 Å². The molecule has 4 nitrogen and oxygen atoms in total. The van der Waals surface area contributed by atoms with Crippen LogP contribution < -0.4 is 5.32 Å². The van der Waals surface area contributed by atoms with Crippen molar-refractivity contribution in [2.24, 2.45) is 11.3 Å². The van der Waals surface area contributed by atoms with Gasteiger partial charge in [0.2, 0.25) is 5.91 Å². The van der Waals surface area contributed by atoms with Crippen LogP contribution in [0, 0.1) is 11.3 Å². The fourth-order valence-electron chi connectivity index (χ4n) is 4.39. The second-order valence-electron chi connectivity index (χ2n) is 8.14. The number of methoxy groups -OCH3 is 1. The number of allylic oxidation sites excluding steroid dienone is 4. The van der Waals surface area contributed by atoms with Gasteiger partial charge >= 0.3 is 5.97 Å². The summed E-state index contributed by atoms with van der Waals surface area (Å²) in [6.45, 7) is 4.00. The predicted octanol–water partition coefficient (Wildman–Crippen LogP) is 5.48. The van der Waals surface area contributed by atoms with Crippen molar-refractivity contribution < 1.29 is 14.3 Å². The molecule has 0 saturated heterocycles. The van der Waals surface area contributed by atoms with Gasteiger partial charge in [-0.2, -0.15) is 0 Å². The molecule has 2 aromatic rings. The second kappa shape index (κ2) is 10.3. The molecule has 0 spiro atoms. The van der Waals surface area contributed by atoms with Crippen molar-refractivity contribution in [1.29, 1.82) is 0 Å². The van der Waals surface area contributed by atoms with Crippen molar-refractivity contribution in [2.75, 3.05) is 7.11 Å². The summed E-state index contributed by atoms with van der Waals surface area (Å²) in [5.74, 6) is -1.70. The zero-order valence-electron chi connectivity index (χ0n) is 18.5. The highest BCUT2D eigenvalue weighted by Crippen LogP contribution is 2.44. The van der Waals surface area contributed by atoms with E-state index >= 15 is 0 Å². The highest BCUT2D eigenvalue weighted by Gasteiger charge is 2.46. The normalized spacial score (nSPS) is 19.8. The summed E-state index contributed by atoms with van der Waals surface area (Å²) in [4.78, 5) is 26.3. The Bertz CT molecular complexity index is 949. The van der Waals surface area contributed by atoms with E-state index in [0.29, 0.717) is 6.42 Å². The van der Waals surface area contributed by atoms with Crippen LogP contribution in [-0.2, 0) is 14.3 Å². The van der Waals surface area contributed by atoms with E-state index in [1.54, 1.807) is 0 Å². The molecule has 0 bridgehead atoms. The van der Waals surface area contributed by atoms with Gasteiger partial charge in [0.1, 0.15) is 5.92 Å². The Morgan fingerprint density at radius 3 is 2.26 bits per heavy atom. The summed E-state index contributed by atoms with van der Waals surface area (Å²) in [6, 6.07) is 19.7. The fourth-order valence-corrected chi connectivity index (χ4v) is 4.39. The zero-order valence-corrected chi connectivity index (χ0v) is 18.5. The van der Waals surface area contributed by atoms with E-state index in [-0.39, 0.29) is 11.9 Å². The monoisotopic (exact) mass is 417 g/mol. The lowest BCUT2D eigenvalue weighted by molar-refractivity contribution is -0.155. The Morgan fingerprint density at radius 1 is 1.06 bits per heavy atom. The van der Waals surface area contributed by atoms with Crippen molar-refractivity contribution in [3.8, 4) is 0 Å². The van der Waals surface area contributed by atoms with Crippen LogP contribution in [0.4, 0.5) is 0 Å². The SMILES string of the molecule is CCCC1(C(C(=O)N[C@H](C)c2ccccc2)C(=O)OC)C=CC(c2ccccc2)=CC1. The molecule has 0 saturated carbocycles. The average molecular weight is 418 g/mol. The standard InChI is InChI=1S/C27H31NO3/c1-4-17-27(18-15-23(16-19-27)22-13-9-6-10-14-22)24(26(30)31-3)25(29)28-20(2)21-11-7-5-8-12-21/h5-16,18,20,24H,4,17,19H2,1-3H3,(H,28,29)/t20-,24?,27?/m1/s1. The highest BCUT2D eigenvalue weighted by molar-refractivity contribution is 5.99. The lowest BCUT2D eigenvalue weighted by atomic mass is 9.66. The molecule has 2 unspecified atom stereocenters. The molecule has 3 rings (SSSR count). The van der Waals surface area contributed by atoms with E-state index in [0.717, 1.165) is 29.5 Å². The molecule has 1 amide bonds. The molecular formula is C27H31NO3. The lowest BCUT2D eigenvalue weighted by Crippen LogP contribution is -2.47. The van der Waals surface area contributed by atoms with Crippen LogP contribution in [0.5, 0.6) is 0 Å². The van der Waals surface area contributed by atoms with Crippen LogP contribution in [0.1, 0.15) is 50.3 Å². The van der Waals surface area contributed by atoms with Crippen LogP contribution in [0.2, 0.25) is 0 Å². The number of ether oxygens (including phenoxy) is 1. The van der Waals surface area contributed by atoms with Gasteiger partial charge in [-0.3, -0.25) is 9.59 Å². The van der Waals surface area contributed by atoms with Gasteiger partial charge in [-0.05, 0) is 36.5 Å². The third-order valence-corrected chi connectivity index (χ3v) is 6.05. The van der Waals surface area contributed by atoms with E-state index < -0.39 is 17.3 Å². The minimum Gasteiger partial charge on any atom is -0.468 e. The van der Waals surface area contributed by atoms with E-state index in [2.05, 4.69) is 30.4 Å². The van der Waals surface area contributed by atoms with Gasteiger partial charge in [0, 0.05) is 5.41 Å². The minimum atomic E-state index is -0.909. The Morgan fingerprint density at radius 2 is 1.71 bits per heavy atom. The van der Waals surface area contributed by atoms with Crippen molar-refractivity contribution in [1.82, 2.24) is 5.32 Å². The summed E-state index contributed by atoms with van der Waals surface area (Å²) in [7, 11) is 1.35. The first-order valence-electron chi connectivity index (χ1n) is 10.9. The van der Waals surface area contributed by atoms with Crippen molar-refractivity contribution >= 4 is 17.4 Å². The zero-order chi connectivity index (χ0) is 22.3. The van der Waals surface area contributed by atoms with Gasteiger partial charge in [-0.1, -0.05) is 92.2 Å². The topological polar surface area (TPSA) is 55.4 Å².